The van der Waals surface area contributed by atoms with E-state index in [-0.39, 0.29) is 5.28 Å². The fraction of sp³-hybridized carbons (Fsp3) is 0.0588. The zero-order valence-electron chi connectivity index (χ0n) is 11.7. The Balaban J connectivity index is 1.86. The van der Waals surface area contributed by atoms with Gasteiger partial charge in [0.2, 0.25) is 11.2 Å². The highest BCUT2D eigenvalue weighted by atomic mass is 35.5. The van der Waals surface area contributed by atoms with Crippen LogP contribution in [0.5, 0.6) is 5.88 Å². The van der Waals surface area contributed by atoms with Gasteiger partial charge in [0, 0.05) is 22.4 Å². The lowest BCUT2D eigenvalue weighted by molar-refractivity contribution is 0.476. The fourth-order valence-electron chi connectivity index (χ4n) is 2.67. The van der Waals surface area contributed by atoms with Crippen LogP contribution >= 0.6 is 34.8 Å². The van der Waals surface area contributed by atoms with Crippen molar-refractivity contribution in [2.45, 2.75) is 6.42 Å². The SMILES string of the molecule is Clc1nc(Cl)c2c(n1)OC(c1cccc3cccc(Cl)c13)=CC2. The molecular formula is C17H9Cl3N2O. The van der Waals surface area contributed by atoms with Gasteiger partial charge in [-0.05, 0) is 29.1 Å². The number of hydrogen-bond acceptors (Lipinski definition) is 3. The first kappa shape index (κ1) is 14.8. The van der Waals surface area contributed by atoms with Gasteiger partial charge in [-0.1, -0.05) is 53.5 Å². The van der Waals surface area contributed by atoms with Gasteiger partial charge in [0.05, 0.1) is 5.56 Å². The summed E-state index contributed by atoms with van der Waals surface area (Å²) in [5.41, 5.74) is 1.63. The van der Waals surface area contributed by atoms with Gasteiger partial charge in [0.1, 0.15) is 10.9 Å². The second-order valence-electron chi connectivity index (χ2n) is 5.09. The minimum atomic E-state index is 0.0611. The van der Waals surface area contributed by atoms with Crippen molar-refractivity contribution in [3.8, 4) is 5.88 Å². The molecule has 3 aromatic rings. The molecule has 114 valence electrons. The predicted molar refractivity (Wildman–Crippen MR) is 93.3 cm³/mol. The van der Waals surface area contributed by atoms with Crippen LogP contribution in [0.25, 0.3) is 16.5 Å². The van der Waals surface area contributed by atoms with E-state index in [1.165, 1.54) is 0 Å². The van der Waals surface area contributed by atoms with E-state index >= 15 is 0 Å². The van der Waals surface area contributed by atoms with Crippen LogP contribution in [0.15, 0.2) is 42.5 Å². The van der Waals surface area contributed by atoms with Crippen molar-refractivity contribution in [2.75, 3.05) is 0 Å². The Kier molecular flexibility index (Phi) is 3.64. The summed E-state index contributed by atoms with van der Waals surface area (Å²) in [6.07, 6.45) is 2.52. The quantitative estimate of drug-likeness (QED) is 0.419. The standard InChI is InChI=1S/C17H9Cl3N2O/c18-12-6-2-4-9-3-1-5-10(14(9)12)13-8-7-11-15(19)21-17(20)22-16(11)23-13/h1-6,8H,7H2. The van der Waals surface area contributed by atoms with E-state index in [1.807, 2.05) is 42.5 Å². The van der Waals surface area contributed by atoms with Gasteiger partial charge in [-0.3, -0.25) is 0 Å². The highest BCUT2D eigenvalue weighted by Crippen LogP contribution is 2.37. The molecule has 2 aromatic carbocycles. The molecular weight excluding hydrogens is 355 g/mol. The lowest BCUT2D eigenvalue weighted by atomic mass is 10.0. The highest BCUT2D eigenvalue weighted by Gasteiger charge is 2.21. The second-order valence-corrected chi connectivity index (χ2v) is 6.19. The summed E-state index contributed by atoms with van der Waals surface area (Å²) in [6.45, 7) is 0. The summed E-state index contributed by atoms with van der Waals surface area (Å²) in [6, 6.07) is 11.7. The third-order valence-corrected chi connectivity index (χ3v) is 4.51. The summed E-state index contributed by atoms with van der Waals surface area (Å²) < 4.78 is 5.93. The van der Waals surface area contributed by atoms with Crippen molar-refractivity contribution in [2.24, 2.45) is 0 Å². The van der Waals surface area contributed by atoms with Crippen LogP contribution in [-0.2, 0) is 6.42 Å². The summed E-state index contributed by atoms with van der Waals surface area (Å²) in [5, 5.41) is 3.03. The number of aromatic nitrogens is 2. The number of ether oxygens (including phenoxy) is 1. The minimum Gasteiger partial charge on any atom is -0.438 e. The maximum absolute atomic E-state index is 6.38. The molecule has 0 amide bonds. The van der Waals surface area contributed by atoms with Crippen molar-refractivity contribution in [1.82, 2.24) is 9.97 Å². The van der Waals surface area contributed by atoms with Crippen LogP contribution in [0, 0.1) is 0 Å². The average Bonchev–Trinajstić information content (AvgIpc) is 2.54. The van der Waals surface area contributed by atoms with Gasteiger partial charge in [0.15, 0.2) is 0 Å². The largest absolute Gasteiger partial charge is 0.438 e. The molecule has 0 aliphatic carbocycles. The Labute approximate surface area is 147 Å². The van der Waals surface area contributed by atoms with Crippen molar-refractivity contribution in [1.29, 1.82) is 0 Å². The molecule has 0 spiro atoms. The normalized spacial score (nSPS) is 13.4. The third-order valence-electron chi connectivity index (χ3n) is 3.71. The topological polar surface area (TPSA) is 35.0 Å². The van der Waals surface area contributed by atoms with E-state index < -0.39 is 0 Å². The molecule has 0 saturated carbocycles. The molecule has 0 radical (unpaired) electrons. The number of benzene rings is 2. The fourth-order valence-corrected chi connectivity index (χ4v) is 3.40. The second kappa shape index (κ2) is 5.68. The van der Waals surface area contributed by atoms with Gasteiger partial charge < -0.3 is 4.74 Å². The molecule has 0 saturated heterocycles. The number of hydrogen-bond donors (Lipinski definition) is 0. The van der Waals surface area contributed by atoms with E-state index in [0.29, 0.717) is 28.2 Å². The number of nitrogens with zero attached hydrogens (tertiary/aromatic N) is 2. The number of fused-ring (bicyclic) bond motifs is 2. The molecule has 3 nitrogen and oxygen atoms in total. The first-order valence-electron chi connectivity index (χ1n) is 6.91. The van der Waals surface area contributed by atoms with E-state index in [4.69, 9.17) is 39.5 Å². The number of rotatable bonds is 1. The molecule has 2 heterocycles. The van der Waals surface area contributed by atoms with E-state index in [1.54, 1.807) is 0 Å². The summed E-state index contributed by atoms with van der Waals surface area (Å²) in [7, 11) is 0. The van der Waals surface area contributed by atoms with Crippen LogP contribution in [0.3, 0.4) is 0 Å². The zero-order chi connectivity index (χ0) is 16.0. The maximum Gasteiger partial charge on any atom is 0.228 e. The number of halogens is 3. The van der Waals surface area contributed by atoms with Gasteiger partial charge in [-0.25, -0.2) is 4.98 Å². The van der Waals surface area contributed by atoms with Crippen LogP contribution in [0.1, 0.15) is 11.1 Å². The van der Waals surface area contributed by atoms with Crippen molar-refractivity contribution >= 4 is 51.3 Å². The first-order chi connectivity index (χ1) is 11.1. The van der Waals surface area contributed by atoms with Gasteiger partial charge >= 0.3 is 0 Å². The third kappa shape index (κ3) is 2.55. The summed E-state index contributed by atoms with van der Waals surface area (Å²) in [4.78, 5) is 8.06. The lowest BCUT2D eigenvalue weighted by Crippen LogP contribution is -2.08. The smallest absolute Gasteiger partial charge is 0.228 e. The molecule has 1 aliphatic heterocycles. The Morgan fingerprint density at radius 1 is 0.957 bits per heavy atom. The first-order valence-corrected chi connectivity index (χ1v) is 8.04. The van der Waals surface area contributed by atoms with Crippen molar-refractivity contribution in [3.05, 3.63) is 69.1 Å². The van der Waals surface area contributed by atoms with E-state index in [2.05, 4.69) is 9.97 Å². The molecule has 4 rings (SSSR count). The zero-order valence-corrected chi connectivity index (χ0v) is 14.0. The Hall–Kier alpha value is -1.81. The number of allylic oxidation sites excluding steroid dienone is 1. The lowest BCUT2D eigenvalue weighted by Gasteiger charge is -2.19. The van der Waals surface area contributed by atoms with Crippen LogP contribution in [0.4, 0.5) is 0 Å². The Morgan fingerprint density at radius 2 is 1.74 bits per heavy atom. The van der Waals surface area contributed by atoms with Gasteiger partial charge in [-0.15, -0.1) is 0 Å². The van der Waals surface area contributed by atoms with Crippen molar-refractivity contribution in [3.63, 3.8) is 0 Å². The van der Waals surface area contributed by atoms with Crippen molar-refractivity contribution < 1.29 is 4.74 Å². The Morgan fingerprint density at radius 3 is 2.57 bits per heavy atom. The average molecular weight is 364 g/mol. The summed E-state index contributed by atoms with van der Waals surface area (Å²) >= 11 is 18.3. The molecule has 0 N–H and O–H groups in total. The molecule has 0 bridgehead atoms. The predicted octanol–water partition coefficient (Wildman–Crippen LogP) is 5.57. The van der Waals surface area contributed by atoms with Gasteiger partial charge in [0.25, 0.3) is 0 Å². The van der Waals surface area contributed by atoms with E-state index in [9.17, 15) is 0 Å². The Bertz CT molecular complexity index is 964. The molecule has 6 heteroatoms. The highest BCUT2D eigenvalue weighted by molar-refractivity contribution is 6.36. The molecule has 0 atom stereocenters. The van der Waals surface area contributed by atoms with Crippen LogP contribution in [-0.4, -0.2) is 9.97 Å². The maximum atomic E-state index is 6.38. The summed E-state index contributed by atoms with van der Waals surface area (Å²) in [5.74, 6) is 1.07. The molecule has 1 aromatic heterocycles. The minimum absolute atomic E-state index is 0.0611. The van der Waals surface area contributed by atoms with Crippen LogP contribution in [0.2, 0.25) is 15.5 Å². The monoisotopic (exact) mass is 362 g/mol. The molecule has 23 heavy (non-hydrogen) atoms. The molecule has 0 unspecified atom stereocenters. The van der Waals surface area contributed by atoms with Gasteiger partial charge in [-0.2, -0.15) is 4.98 Å². The molecule has 0 fully saturated rings. The van der Waals surface area contributed by atoms with Crippen LogP contribution < -0.4 is 4.74 Å². The molecule has 1 aliphatic rings. The van der Waals surface area contributed by atoms with E-state index in [0.717, 1.165) is 21.9 Å².